The van der Waals surface area contributed by atoms with E-state index in [0.29, 0.717) is 25.9 Å². The Morgan fingerprint density at radius 1 is 1.50 bits per heavy atom. The summed E-state index contributed by atoms with van der Waals surface area (Å²) in [5.41, 5.74) is 4.43. The average molecular weight is 270 g/mol. The molecule has 5 nitrogen and oxygen atoms in total. The zero-order valence-corrected chi connectivity index (χ0v) is 9.87. The lowest BCUT2D eigenvalue weighted by Crippen LogP contribution is -2.50. The largest absolute Gasteiger partial charge is 0.480 e. The molecular formula is C10H17F3N2O3. The van der Waals surface area contributed by atoms with Gasteiger partial charge in [-0.15, -0.1) is 0 Å². The third-order valence-corrected chi connectivity index (χ3v) is 2.83. The highest BCUT2D eigenvalue weighted by Crippen LogP contribution is 2.19. The van der Waals surface area contributed by atoms with Gasteiger partial charge < -0.3 is 20.5 Å². The Labute approximate surface area is 103 Å². The van der Waals surface area contributed by atoms with Gasteiger partial charge in [-0.2, -0.15) is 13.2 Å². The van der Waals surface area contributed by atoms with E-state index in [1.807, 2.05) is 4.90 Å². The van der Waals surface area contributed by atoms with Gasteiger partial charge in [0.2, 0.25) is 0 Å². The molecule has 0 aromatic carbocycles. The van der Waals surface area contributed by atoms with Crippen molar-refractivity contribution in [1.29, 1.82) is 0 Å². The molecule has 0 bridgehead atoms. The molecular weight excluding hydrogens is 253 g/mol. The lowest BCUT2D eigenvalue weighted by Gasteiger charge is -2.19. The van der Waals surface area contributed by atoms with Crippen LogP contribution in [-0.2, 0) is 9.53 Å². The molecule has 0 aliphatic carbocycles. The Morgan fingerprint density at radius 3 is 2.67 bits per heavy atom. The number of nitrogens with zero attached hydrogens (tertiary/aromatic N) is 1. The molecule has 0 spiro atoms. The topological polar surface area (TPSA) is 75.8 Å². The first kappa shape index (κ1) is 15.2. The molecule has 106 valence electrons. The summed E-state index contributed by atoms with van der Waals surface area (Å²) in [6.07, 6.45) is -3.53. The maximum atomic E-state index is 11.8. The number of hydrogen-bond donors (Lipinski definition) is 2. The maximum absolute atomic E-state index is 11.8. The molecule has 0 saturated carbocycles. The molecule has 1 saturated heterocycles. The van der Waals surface area contributed by atoms with Gasteiger partial charge in [-0.25, -0.2) is 0 Å². The fourth-order valence-electron chi connectivity index (χ4n) is 1.86. The van der Waals surface area contributed by atoms with E-state index in [9.17, 15) is 18.0 Å². The molecule has 1 atom stereocenters. The summed E-state index contributed by atoms with van der Waals surface area (Å²) >= 11 is 0. The summed E-state index contributed by atoms with van der Waals surface area (Å²) in [4.78, 5) is 12.7. The molecule has 1 aliphatic heterocycles. The van der Waals surface area contributed by atoms with Gasteiger partial charge in [0.05, 0.1) is 0 Å². The minimum Gasteiger partial charge on any atom is -0.480 e. The number of nitrogens with two attached hydrogens (primary N) is 1. The van der Waals surface area contributed by atoms with E-state index in [4.69, 9.17) is 10.8 Å². The van der Waals surface area contributed by atoms with Crippen LogP contribution < -0.4 is 5.73 Å². The molecule has 1 heterocycles. The summed E-state index contributed by atoms with van der Waals surface area (Å²) in [5, 5.41) is 8.89. The summed E-state index contributed by atoms with van der Waals surface area (Å²) in [6, 6.07) is 0. The lowest BCUT2D eigenvalue weighted by atomic mass is 10.0. The van der Waals surface area contributed by atoms with Crippen LogP contribution in [0.1, 0.15) is 12.8 Å². The second-order valence-corrected chi connectivity index (χ2v) is 4.51. The zero-order valence-electron chi connectivity index (χ0n) is 9.87. The molecule has 3 N–H and O–H groups in total. The Hall–Kier alpha value is -0.860. The van der Waals surface area contributed by atoms with E-state index >= 15 is 0 Å². The molecule has 0 aromatic heterocycles. The first-order valence-corrected chi connectivity index (χ1v) is 5.62. The summed E-state index contributed by atoms with van der Waals surface area (Å²) in [5.74, 6) is -1.04. The van der Waals surface area contributed by atoms with Gasteiger partial charge in [-0.05, 0) is 12.8 Å². The highest BCUT2D eigenvalue weighted by atomic mass is 19.4. The predicted octanol–water partition coefficient (Wildman–Crippen LogP) is 0.443. The molecule has 1 aliphatic rings. The van der Waals surface area contributed by atoms with E-state index < -0.39 is 24.3 Å². The van der Waals surface area contributed by atoms with Crippen LogP contribution >= 0.6 is 0 Å². The third-order valence-electron chi connectivity index (χ3n) is 2.83. The van der Waals surface area contributed by atoms with Crippen LogP contribution in [0.25, 0.3) is 0 Å². The molecule has 0 aromatic rings. The van der Waals surface area contributed by atoms with Crippen LogP contribution in [0.3, 0.4) is 0 Å². The number of halogens is 3. The SMILES string of the molecule is NC1(C(=O)O)CCN(CCCOCC(F)(F)F)C1. The highest BCUT2D eigenvalue weighted by molar-refractivity contribution is 5.79. The molecule has 0 amide bonds. The standard InChI is InChI=1S/C10H17F3N2O3/c11-10(12,13)7-18-5-1-3-15-4-2-9(14,6-15)8(16)17/h1-7,14H2,(H,16,17). The van der Waals surface area contributed by atoms with Crippen LogP contribution in [0.4, 0.5) is 13.2 Å². The average Bonchev–Trinajstić information content (AvgIpc) is 2.60. The van der Waals surface area contributed by atoms with Crippen molar-refractivity contribution in [2.45, 2.75) is 24.6 Å². The number of carboxylic acids is 1. The van der Waals surface area contributed by atoms with Crippen molar-refractivity contribution >= 4 is 5.97 Å². The van der Waals surface area contributed by atoms with Gasteiger partial charge >= 0.3 is 12.1 Å². The number of rotatable bonds is 6. The highest BCUT2D eigenvalue weighted by Gasteiger charge is 2.40. The van der Waals surface area contributed by atoms with Gasteiger partial charge in [-0.3, -0.25) is 4.79 Å². The molecule has 0 radical (unpaired) electrons. The van der Waals surface area contributed by atoms with E-state index in [1.54, 1.807) is 0 Å². The van der Waals surface area contributed by atoms with Gasteiger partial charge in [0.15, 0.2) is 0 Å². The molecule has 18 heavy (non-hydrogen) atoms. The maximum Gasteiger partial charge on any atom is 0.411 e. The predicted molar refractivity (Wildman–Crippen MR) is 57.1 cm³/mol. The van der Waals surface area contributed by atoms with Crippen LogP contribution in [0.2, 0.25) is 0 Å². The smallest absolute Gasteiger partial charge is 0.411 e. The number of aliphatic carboxylic acids is 1. The van der Waals surface area contributed by atoms with E-state index in [-0.39, 0.29) is 13.2 Å². The summed E-state index contributed by atoms with van der Waals surface area (Å²) in [6.45, 7) is 0.0113. The molecule has 1 unspecified atom stereocenters. The first-order valence-electron chi connectivity index (χ1n) is 5.62. The number of carbonyl (C=O) groups is 1. The number of likely N-dealkylation sites (tertiary alicyclic amines) is 1. The van der Waals surface area contributed by atoms with Crippen LogP contribution in [0.15, 0.2) is 0 Å². The zero-order chi connectivity index (χ0) is 13.8. The first-order chi connectivity index (χ1) is 8.23. The second kappa shape index (κ2) is 5.85. The number of alkyl halides is 3. The van der Waals surface area contributed by atoms with E-state index in [2.05, 4.69) is 4.74 Å². The van der Waals surface area contributed by atoms with Gasteiger partial charge in [0, 0.05) is 26.2 Å². The van der Waals surface area contributed by atoms with Crippen molar-refractivity contribution in [3.8, 4) is 0 Å². The Morgan fingerprint density at radius 2 is 2.17 bits per heavy atom. The van der Waals surface area contributed by atoms with Gasteiger partial charge in [-0.1, -0.05) is 0 Å². The van der Waals surface area contributed by atoms with Crippen molar-refractivity contribution in [2.75, 3.05) is 32.8 Å². The van der Waals surface area contributed by atoms with Crippen LogP contribution in [-0.4, -0.2) is 60.5 Å². The number of hydrogen-bond acceptors (Lipinski definition) is 4. The summed E-state index contributed by atoms with van der Waals surface area (Å²) in [7, 11) is 0. The number of carboxylic acid groups (broad SMARTS) is 1. The quantitative estimate of drug-likeness (QED) is 0.685. The minimum absolute atomic E-state index is 0.000648. The number of ether oxygens (including phenoxy) is 1. The van der Waals surface area contributed by atoms with Crippen molar-refractivity contribution < 1.29 is 27.8 Å². The van der Waals surface area contributed by atoms with Crippen LogP contribution in [0.5, 0.6) is 0 Å². The molecule has 8 heteroatoms. The fourth-order valence-corrected chi connectivity index (χ4v) is 1.86. The van der Waals surface area contributed by atoms with E-state index in [0.717, 1.165) is 0 Å². The van der Waals surface area contributed by atoms with Crippen molar-refractivity contribution in [3.63, 3.8) is 0 Å². The Bertz CT molecular complexity index is 299. The Balaban J connectivity index is 2.13. The van der Waals surface area contributed by atoms with Crippen molar-refractivity contribution in [1.82, 2.24) is 4.90 Å². The monoisotopic (exact) mass is 270 g/mol. The third kappa shape index (κ3) is 4.79. The van der Waals surface area contributed by atoms with Crippen molar-refractivity contribution in [2.24, 2.45) is 5.73 Å². The molecule has 1 fully saturated rings. The minimum atomic E-state index is -4.30. The normalized spacial score (nSPS) is 25.6. The van der Waals surface area contributed by atoms with E-state index in [1.165, 1.54) is 0 Å². The summed E-state index contributed by atoms with van der Waals surface area (Å²) < 4.78 is 39.7. The fraction of sp³-hybridized carbons (Fsp3) is 0.900. The van der Waals surface area contributed by atoms with Gasteiger partial charge in [0.25, 0.3) is 0 Å². The van der Waals surface area contributed by atoms with Crippen molar-refractivity contribution in [3.05, 3.63) is 0 Å². The second-order valence-electron chi connectivity index (χ2n) is 4.51. The van der Waals surface area contributed by atoms with Crippen LogP contribution in [0, 0.1) is 0 Å². The Kier molecular flexibility index (Phi) is 4.94. The lowest BCUT2D eigenvalue weighted by molar-refractivity contribution is -0.174. The molecule has 1 rings (SSSR count). The van der Waals surface area contributed by atoms with Gasteiger partial charge in [0.1, 0.15) is 12.1 Å².